The van der Waals surface area contributed by atoms with Gasteiger partial charge in [0.1, 0.15) is 16.7 Å². The molecule has 0 saturated carbocycles. The Kier molecular flexibility index (Phi) is 10.8. The van der Waals surface area contributed by atoms with Gasteiger partial charge in [-0.15, -0.1) is 0 Å². The first-order valence-electron chi connectivity index (χ1n) is 12.9. The summed E-state index contributed by atoms with van der Waals surface area (Å²) >= 11 is 6.65. The van der Waals surface area contributed by atoms with Gasteiger partial charge in [0, 0.05) is 51.7 Å². The van der Waals surface area contributed by atoms with E-state index in [4.69, 9.17) is 16.3 Å². The molecule has 1 N–H and O–H groups in total. The number of piperidine rings is 1. The third-order valence-corrected chi connectivity index (χ3v) is 8.92. The predicted octanol–water partition coefficient (Wildman–Crippen LogP) is 4.63. The normalized spacial score (nSPS) is 15.5. The molecular weight excluding hydrogens is 508 g/mol. The highest BCUT2D eigenvalue weighted by atomic mass is 35.5. The number of aryl methyl sites for hydroxylation is 1. The van der Waals surface area contributed by atoms with E-state index in [1.54, 1.807) is 24.5 Å². The standard InChI is InChI=1S/C28H41ClN4O3S/c1-20(2)31(4)19-22-7-9-26(25(29)18-22)33-15-11-23(12-16-33)30-28(34)13-14-32(5)37(35)27-10-8-24(36-6)17-21(27)3/h7-10,17-18,20,23H,11-16,19H2,1-6H3,(H,30,34). The largest absolute Gasteiger partial charge is 0.497 e. The van der Waals surface area contributed by atoms with Crippen LogP contribution in [0.1, 0.15) is 44.2 Å². The monoisotopic (exact) mass is 548 g/mol. The Labute approximate surface area is 229 Å². The van der Waals surface area contributed by atoms with E-state index in [1.807, 2.05) is 19.1 Å². The molecule has 0 radical (unpaired) electrons. The van der Waals surface area contributed by atoms with Gasteiger partial charge in [-0.05, 0) is 82.1 Å². The van der Waals surface area contributed by atoms with Crippen LogP contribution in [-0.4, -0.2) is 72.2 Å². The lowest BCUT2D eigenvalue weighted by Gasteiger charge is -2.34. The van der Waals surface area contributed by atoms with Gasteiger partial charge in [0.15, 0.2) is 0 Å². The van der Waals surface area contributed by atoms with E-state index in [0.717, 1.165) is 59.4 Å². The maximum atomic E-state index is 12.9. The Morgan fingerprint density at radius 1 is 1.19 bits per heavy atom. The van der Waals surface area contributed by atoms with E-state index in [9.17, 15) is 9.00 Å². The predicted molar refractivity (Wildman–Crippen MR) is 153 cm³/mol. The lowest BCUT2D eigenvalue weighted by molar-refractivity contribution is -0.122. The molecule has 1 aliphatic rings. The van der Waals surface area contributed by atoms with Crippen molar-refractivity contribution in [2.45, 2.75) is 63.6 Å². The summed E-state index contributed by atoms with van der Waals surface area (Å²) in [5, 5.41) is 3.94. The Morgan fingerprint density at radius 2 is 1.89 bits per heavy atom. The number of carbonyl (C=O) groups excluding carboxylic acids is 1. The topological polar surface area (TPSA) is 65.1 Å². The van der Waals surface area contributed by atoms with Crippen molar-refractivity contribution < 1.29 is 13.7 Å². The fourth-order valence-corrected chi connectivity index (χ4v) is 5.83. The van der Waals surface area contributed by atoms with Crippen molar-refractivity contribution in [2.75, 3.05) is 45.7 Å². The Morgan fingerprint density at radius 3 is 2.49 bits per heavy atom. The summed E-state index contributed by atoms with van der Waals surface area (Å²) < 4.78 is 19.9. The second-order valence-corrected chi connectivity index (χ2v) is 12.1. The van der Waals surface area contributed by atoms with Crippen molar-refractivity contribution in [3.05, 3.63) is 52.5 Å². The zero-order valence-electron chi connectivity index (χ0n) is 22.9. The maximum absolute atomic E-state index is 12.9. The molecule has 2 aromatic carbocycles. The molecule has 1 amide bonds. The number of nitrogens with zero attached hydrogens (tertiary/aromatic N) is 3. The molecule has 7 nitrogen and oxygen atoms in total. The average Bonchev–Trinajstić information content (AvgIpc) is 2.87. The average molecular weight is 549 g/mol. The van der Waals surface area contributed by atoms with Crippen molar-refractivity contribution in [1.82, 2.24) is 14.5 Å². The Bertz CT molecular complexity index is 1090. The summed E-state index contributed by atoms with van der Waals surface area (Å²) in [5.74, 6) is 0.727. The van der Waals surface area contributed by atoms with E-state index in [2.05, 4.69) is 54.2 Å². The number of nitrogens with one attached hydrogen (secondary N) is 1. The zero-order valence-corrected chi connectivity index (χ0v) is 24.5. The fourth-order valence-electron chi connectivity index (χ4n) is 4.39. The van der Waals surface area contributed by atoms with Crippen LogP contribution < -0.4 is 15.0 Å². The first kappa shape index (κ1) is 29.4. The smallest absolute Gasteiger partial charge is 0.221 e. The molecule has 3 rings (SSSR count). The summed E-state index contributed by atoms with van der Waals surface area (Å²) in [6, 6.07) is 12.4. The van der Waals surface area contributed by atoms with Crippen LogP contribution in [0, 0.1) is 6.92 Å². The molecule has 1 heterocycles. The van der Waals surface area contributed by atoms with Crippen LogP contribution in [0.3, 0.4) is 0 Å². The van der Waals surface area contributed by atoms with Gasteiger partial charge in [0.25, 0.3) is 0 Å². The summed E-state index contributed by atoms with van der Waals surface area (Å²) in [6.07, 6.45) is 2.04. The van der Waals surface area contributed by atoms with Crippen LogP contribution in [0.5, 0.6) is 5.75 Å². The molecule has 37 heavy (non-hydrogen) atoms. The van der Waals surface area contributed by atoms with Crippen LogP contribution >= 0.6 is 11.6 Å². The number of hydrogen-bond donors (Lipinski definition) is 1. The van der Waals surface area contributed by atoms with E-state index in [-0.39, 0.29) is 11.9 Å². The SMILES string of the molecule is COc1ccc(S(=O)N(C)CCC(=O)NC2CCN(c3ccc(CN(C)C(C)C)cc3Cl)CC2)c(C)c1. The van der Waals surface area contributed by atoms with Crippen LogP contribution in [-0.2, 0) is 22.3 Å². The third kappa shape index (κ3) is 8.18. The molecule has 2 aromatic rings. The van der Waals surface area contributed by atoms with Gasteiger partial charge in [-0.1, -0.05) is 17.7 Å². The van der Waals surface area contributed by atoms with Crippen LogP contribution in [0.4, 0.5) is 5.69 Å². The van der Waals surface area contributed by atoms with Gasteiger partial charge in [-0.2, -0.15) is 0 Å². The van der Waals surface area contributed by atoms with E-state index in [0.29, 0.717) is 19.0 Å². The number of carbonyl (C=O) groups is 1. The number of ether oxygens (including phenoxy) is 1. The number of amides is 1. The second-order valence-electron chi connectivity index (χ2n) is 10.1. The van der Waals surface area contributed by atoms with Crippen molar-refractivity contribution in [1.29, 1.82) is 0 Å². The number of rotatable bonds is 11. The lowest BCUT2D eigenvalue weighted by Crippen LogP contribution is -2.45. The molecule has 1 aliphatic heterocycles. The highest BCUT2D eigenvalue weighted by molar-refractivity contribution is 7.82. The van der Waals surface area contributed by atoms with Crippen LogP contribution in [0.15, 0.2) is 41.3 Å². The van der Waals surface area contributed by atoms with Gasteiger partial charge >= 0.3 is 0 Å². The minimum Gasteiger partial charge on any atom is -0.497 e. The van der Waals surface area contributed by atoms with Gasteiger partial charge in [0.2, 0.25) is 5.91 Å². The maximum Gasteiger partial charge on any atom is 0.221 e. The molecule has 0 spiro atoms. The molecule has 1 unspecified atom stereocenters. The molecule has 204 valence electrons. The van der Waals surface area contributed by atoms with Gasteiger partial charge in [-0.25, -0.2) is 8.51 Å². The quantitative estimate of drug-likeness (QED) is 0.443. The third-order valence-electron chi connectivity index (χ3n) is 7.03. The first-order valence-corrected chi connectivity index (χ1v) is 14.4. The summed E-state index contributed by atoms with van der Waals surface area (Å²) in [5.41, 5.74) is 3.17. The van der Waals surface area contributed by atoms with Crippen molar-refractivity contribution in [2.24, 2.45) is 0 Å². The molecule has 1 fully saturated rings. The van der Waals surface area contributed by atoms with Gasteiger partial charge in [-0.3, -0.25) is 9.69 Å². The Balaban J connectivity index is 1.44. The highest BCUT2D eigenvalue weighted by Crippen LogP contribution is 2.30. The van der Waals surface area contributed by atoms with E-state index >= 15 is 0 Å². The molecular formula is C28H41ClN4O3S. The molecule has 0 aromatic heterocycles. The first-order chi connectivity index (χ1) is 17.6. The number of methoxy groups -OCH3 is 1. The molecule has 1 atom stereocenters. The summed E-state index contributed by atoms with van der Waals surface area (Å²) in [6.45, 7) is 9.25. The van der Waals surface area contributed by atoms with Crippen molar-refractivity contribution in [3.63, 3.8) is 0 Å². The van der Waals surface area contributed by atoms with Crippen LogP contribution in [0.2, 0.25) is 5.02 Å². The fraction of sp³-hybridized carbons (Fsp3) is 0.536. The highest BCUT2D eigenvalue weighted by Gasteiger charge is 2.23. The number of anilines is 1. The Hall–Kier alpha value is -2.13. The summed E-state index contributed by atoms with van der Waals surface area (Å²) in [7, 11) is 4.17. The van der Waals surface area contributed by atoms with E-state index < -0.39 is 11.0 Å². The molecule has 0 aliphatic carbocycles. The number of hydrogen-bond acceptors (Lipinski definition) is 5. The second kappa shape index (κ2) is 13.6. The minimum absolute atomic E-state index is 0.00888. The van der Waals surface area contributed by atoms with Crippen molar-refractivity contribution >= 4 is 34.2 Å². The number of benzene rings is 2. The summed E-state index contributed by atoms with van der Waals surface area (Å²) in [4.78, 5) is 17.9. The molecule has 9 heteroatoms. The van der Waals surface area contributed by atoms with Crippen LogP contribution in [0.25, 0.3) is 0 Å². The lowest BCUT2D eigenvalue weighted by atomic mass is 10.0. The molecule has 1 saturated heterocycles. The van der Waals surface area contributed by atoms with Gasteiger partial charge < -0.3 is 15.0 Å². The van der Waals surface area contributed by atoms with E-state index in [1.165, 1.54) is 5.56 Å². The minimum atomic E-state index is -1.33. The molecule has 0 bridgehead atoms. The van der Waals surface area contributed by atoms with Gasteiger partial charge in [0.05, 0.1) is 22.7 Å². The zero-order chi connectivity index (χ0) is 27.1. The number of halogens is 1. The van der Waals surface area contributed by atoms with Crippen molar-refractivity contribution in [3.8, 4) is 5.75 Å².